The Balaban J connectivity index is 1.38. The van der Waals surface area contributed by atoms with Crippen LogP contribution in [-0.2, 0) is 17.6 Å². The number of fused-ring (bicyclic) bond motifs is 2. The van der Waals surface area contributed by atoms with Gasteiger partial charge in [0.05, 0.1) is 18.6 Å². The predicted octanol–water partition coefficient (Wildman–Crippen LogP) is 3.55. The number of nitrogens with one attached hydrogen (secondary N) is 1. The van der Waals surface area contributed by atoms with E-state index in [0.29, 0.717) is 11.6 Å². The van der Waals surface area contributed by atoms with Crippen LogP contribution in [0.1, 0.15) is 27.9 Å². The number of carboxylic acids is 1. The smallest absolute Gasteiger partial charge is 0.341 e. The molecule has 182 valence electrons. The predicted molar refractivity (Wildman–Crippen MR) is 137 cm³/mol. The molecule has 2 aromatic heterocycles. The van der Waals surface area contributed by atoms with Crippen LogP contribution < -0.4 is 15.6 Å². The van der Waals surface area contributed by atoms with Gasteiger partial charge in [0.2, 0.25) is 11.4 Å². The first kappa shape index (κ1) is 22.2. The average Bonchev–Trinajstić information content (AvgIpc) is 3.38. The molecule has 2 aliphatic rings. The van der Waals surface area contributed by atoms with Gasteiger partial charge in [0.25, 0.3) is 0 Å². The van der Waals surface area contributed by atoms with Crippen molar-refractivity contribution >= 4 is 34.3 Å². The van der Waals surface area contributed by atoms with Gasteiger partial charge in [-0.25, -0.2) is 9.78 Å². The van der Waals surface area contributed by atoms with E-state index < -0.39 is 11.4 Å². The molecule has 9 nitrogen and oxygen atoms in total. The molecular weight excluding hydrogens is 458 g/mol. The normalized spacial score (nSPS) is 15.2. The Kier molecular flexibility index (Phi) is 5.61. The van der Waals surface area contributed by atoms with Crippen molar-refractivity contribution in [1.82, 2.24) is 14.5 Å². The SMILES string of the molecule is O=C(O)c1cn(-c2ccc3c(c2)CCC3)c2nc(Nc3ccc(N4CCOCC4)cc3)ncc2c1=O. The van der Waals surface area contributed by atoms with Gasteiger partial charge in [0.15, 0.2) is 5.65 Å². The number of hydrogen-bond acceptors (Lipinski definition) is 7. The second kappa shape index (κ2) is 9.09. The third-order valence-corrected chi connectivity index (χ3v) is 6.83. The summed E-state index contributed by atoms with van der Waals surface area (Å²) in [5.74, 6) is -0.960. The number of nitrogens with zero attached hydrogens (tertiary/aromatic N) is 4. The van der Waals surface area contributed by atoms with Crippen LogP contribution in [0.5, 0.6) is 0 Å². The number of morpholine rings is 1. The van der Waals surface area contributed by atoms with Gasteiger partial charge in [0.1, 0.15) is 5.56 Å². The van der Waals surface area contributed by atoms with Crippen molar-refractivity contribution in [1.29, 1.82) is 0 Å². The van der Waals surface area contributed by atoms with Crippen LogP contribution in [-0.4, -0.2) is 51.9 Å². The highest BCUT2D eigenvalue weighted by atomic mass is 16.5. The summed E-state index contributed by atoms with van der Waals surface area (Å²) in [6.45, 7) is 3.17. The molecule has 0 saturated carbocycles. The summed E-state index contributed by atoms with van der Waals surface area (Å²) in [6, 6.07) is 14.1. The zero-order chi connectivity index (χ0) is 24.6. The van der Waals surface area contributed by atoms with Gasteiger partial charge in [-0.2, -0.15) is 4.98 Å². The highest BCUT2D eigenvalue weighted by Crippen LogP contribution is 2.27. The van der Waals surface area contributed by atoms with Crippen molar-refractivity contribution in [2.75, 3.05) is 36.5 Å². The molecule has 36 heavy (non-hydrogen) atoms. The standard InChI is InChI=1S/C27H25N5O4/c33-24-22-15-28-27(29-19-5-8-20(9-6-19)31-10-12-36-13-11-31)30-25(22)32(16-23(24)26(34)35)21-7-4-17-2-1-3-18(17)14-21/h4-9,14-16H,1-3,10-13H2,(H,34,35)(H,28,29,30). The molecule has 0 radical (unpaired) electrons. The summed E-state index contributed by atoms with van der Waals surface area (Å²) in [5, 5.41) is 13.0. The molecule has 3 heterocycles. The van der Waals surface area contributed by atoms with Crippen LogP contribution in [0.3, 0.4) is 0 Å². The minimum Gasteiger partial charge on any atom is -0.477 e. The first-order chi connectivity index (χ1) is 17.6. The topological polar surface area (TPSA) is 110 Å². The number of pyridine rings is 1. The highest BCUT2D eigenvalue weighted by molar-refractivity contribution is 5.92. The van der Waals surface area contributed by atoms with Gasteiger partial charge >= 0.3 is 5.97 Å². The fourth-order valence-corrected chi connectivity index (χ4v) is 4.93. The maximum absolute atomic E-state index is 12.9. The van der Waals surface area contributed by atoms with Gasteiger partial charge in [-0.3, -0.25) is 4.79 Å². The number of anilines is 3. The minimum atomic E-state index is -1.28. The number of aryl methyl sites for hydroxylation is 2. The van der Waals surface area contributed by atoms with E-state index in [9.17, 15) is 14.7 Å². The molecule has 0 amide bonds. The summed E-state index contributed by atoms with van der Waals surface area (Å²) in [6.07, 6.45) is 5.88. The molecule has 0 unspecified atom stereocenters. The lowest BCUT2D eigenvalue weighted by Crippen LogP contribution is -2.36. The van der Waals surface area contributed by atoms with Crippen LogP contribution in [0.25, 0.3) is 16.7 Å². The van der Waals surface area contributed by atoms with E-state index in [2.05, 4.69) is 32.3 Å². The van der Waals surface area contributed by atoms with Crippen molar-refractivity contribution in [3.05, 3.63) is 81.8 Å². The molecule has 0 atom stereocenters. The van der Waals surface area contributed by atoms with E-state index in [1.54, 1.807) is 4.57 Å². The number of hydrogen-bond donors (Lipinski definition) is 2. The van der Waals surface area contributed by atoms with Crippen molar-refractivity contribution in [3.63, 3.8) is 0 Å². The van der Waals surface area contributed by atoms with Gasteiger partial charge in [-0.15, -0.1) is 0 Å². The Bertz CT molecular complexity index is 1520. The van der Waals surface area contributed by atoms with Crippen LogP contribution in [0.2, 0.25) is 0 Å². The van der Waals surface area contributed by atoms with Crippen LogP contribution >= 0.6 is 0 Å². The second-order valence-corrected chi connectivity index (χ2v) is 9.06. The molecule has 1 aliphatic heterocycles. The summed E-state index contributed by atoms with van der Waals surface area (Å²) < 4.78 is 7.10. The number of benzene rings is 2. The minimum absolute atomic E-state index is 0.156. The molecule has 6 rings (SSSR count). The summed E-state index contributed by atoms with van der Waals surface area (Å²) >= 11 is 0. The number of carbonyl (C=O) groups is 1. The molecule has 9 heteroatoms. The van der Waals surface area contributed by atoms with Crippen LogP contribution in [0.15, 0.2) is 59.7 Å². The number of aromatic carboxylic acids is 1. The summed E-state index contributed by atoms with van der Waals surface area (Å²) in [4.78, 5) is 35.9. The summed E-state index contributed by atoms with van der Waals surface area (Å²) in [7, 11) is 0. The van der Waals surface area contributed by atoms with E-state index in [4.69, 9.17) is 4.74 Å². The van der Waals surface area contributed by atoms with Crippen molar-refractivity contribution in [2.45, 2.75) is 19.3 Å². The van der Waals surface area contributed by atoms with Crippen LogP contribution in [0, 0.1) is 0 Å². The first-order valence-electron chi connectivity index (χ1n) is 12.0. The van der Waals surface area contributed by atoms with E-state index in [1.807, 2.05) is 30.3 Å². The Morgan fingerprint density at radius 1 is 1.00 bits per heavy atom. The lowest BCUT2D eigenvalue weighted by Gasteiger charge is -2.28. The fourth-order valence-electron chi connectivity index (χ4n) is 4.93. The first-order valence-corrected chi connectivity index (χ1v) is 12.0. The molecule has 4 aromatic rings. The molecule has 2 aromatic carbocycles. The molecular formula is C27H25N5O4. The van der Waals surface area contributed by atoms with Crippen molar-refractivity contribution in [2.24, 2.45) is 0 Å². The zero-order valence-electron chi connectivity index (χ0n) is 19.6. The lowest BCUT2D eigenvalue weighted by molar-refractivity contribution is 0.0695. The van der Waals surface area contributed by atoms with E-state index in [-0.39, 0.29) is 10.9 Å². The van der Waals surface area contributed by atoms with Crippen molar-refractivity contribution < 1.29 is 14.6 Å². The summed E-state index contributed by atoms with van der Waals surface area (Å²) in [5.41, 5.74) is 4.68. The van der Waals surface area contributed by atoms with E-state index in [0.717, 1.165) is 62.6 Å². The second-order valence-electron chi connectivity index (χ2n) is 9.06. The monoisotopic (exact) mass is 483 g/mol. The Labute approximate surface area is 207 Å². The molecule has 1 saturated heterocycles. The van der Waals surface area contributed by atoms with E-state index in [1.165, 1.54) is 23.5 Å². The Hall–Kier alpha value is -4.24. The van der Waals surface area contributed by atoms with Crippen LogP contribution in [0.4, 0.5) is 17.3 Å². The van der Waals surface area contributed by atoms with Crippen molar-refractivity contribution in [3.8, 4) is 5.69 Å². The Morgan fingerprint density at radius 3 is 2.53 bits per heavy atom. The largest absolute Gasteiger partial charge is 0.477 e. The quantitative estimate of drug-likeness (QED) is 0.444. The maximum Gasteiger partial charge on any atom is 0.341 e. The highest BCUT2D eigenvalue weighted by Gasteiger charge is 2.19. The zero-order valence-corrected chi connectivity index (χ0v) is 19.6. The fraction of sp³-hybridized carbons (Fsp3) is 0.259. The number of aromatic nitrogens is 3. The third-order valence-electron chi connectivity index (χ3n) is 6.83. The third kappa shape index (κ3) is 4.07. The van der Waals surface area contributed by atoms with Gasteiger partial charge in [-0.05, 0) is 66.8 Å². The van der Waals surface area contributed by atoms with Gasteiger partial charge in [0, 0.05) is 42.5 Å². The molecule has 1 fully saturated rings. The average molecular weight is 484 g/mol. The molecule has 1 aliphatic carbocycles. The molecule has 2 N–H and O–H groups in total. The van der Waals surface area contributed by atoms with Gasteiger partial charge in [-0.1, -0.05) is 6.07 Å². The number of ether oxygens (including phenoxy) is 1. The number of carboxylic acid groups (broad SMARTS) is 1. The molecule has 0 bridgehead atoms. The van der Waals surface area contributed by atoms with E-state index >= 15 is 0 Å². The molecule has 0 spiro atoms. The van der Waals surface area contributed by atoms with Gasteiger partial charge < -0.3 is 24.6 Å². The number of rotatable bonds is 5. The lowest BCUT2D eigenvalue weighted by atomic mass is 10.1. The Morgan fingerprint density at radius 2 is 1.75 bits per heavy atom. The maximum atomic E-state index is 12.9.